The number of rotatable bonds is 14. The van der Waals surface area contributed by atoms with Crippen molar-refractivity contribution in [1.29, 1.82) is 0 Å². The molecule has 40 heavy (non-hydrogen) atoms. The molecule has 0 atom stereocenters. The first kappa shape index (κ1) is 37.7. The number of sulfonamides is 1. The van der Waals surface area contributed by atoms with Gasteiger partial charge in [-0.15, -0.1) is 0 Å². The van der Waals surface area contributed by atoms with Gasteiger partial charge < -0.3 is 15.1 Å². The average Bonchev–Trinajstić information content (AvgIpc) is 2.87. The zero-order valence-electron chi connectivity index (χ0n) is 23.1. The molecule has 0 aliphatic carbocycles. The van der Waals surface area contributed by atoms with Crippen LogP contribution in [0.3, 0.4) is 0 Å². The van der Waals surface area contributed by atoms with Crippen molar-refractivity contribution < 1.29 is 44.6 Å². The largest absolute Gasteiger partial charge is 0.395 e. The number of aryl methyl sites for hydroxylation is 1. The van der Waals surface area contributed by atoms with Crippen LogP contribution in [0.25, 0.3) is 0 Å². The molecule has 2 rings (SSSR count). The van der Waals surface area contributed by atoms with E-state index in [1.54, 1.807) is 0 Å². The fraction of sp³-hybridized carbons (Fsp3) is 0.591. The number of aliphatic hydroxyl groups is 2. The molecule has 0 bridgehead atoms. The summed E-state index contributed by atoms with van der Waals surface area (Å²) in [6, 6.07) is 2.49. The monoisotopic (exact) mass is 629 g/mol. The fourth-order valence-electron chi connectivity index (χ4n) is 3.12. The van der Waals surface area contributed by atoms with E-state index in [4.69, 9.17) is 0 Å². The van der Waals surface area contributed by atoms with Gasteiger partial charge in [0.1, 0.15) is 11.6 Å². The summed E-state index contributed by atoms with van der Waals surface area (Å²) in [7, 11) is -12.9. The zero-order chi connectivity index (χ0) is 31.1. The Morgan fingerprint density at radius 3 is 1.85 bits per heavy atom. The molecule has 0 aliphatic heterocycles. The molecule has 5 N–H and O–H groups in total. The van der Waals surface area contributed by atoms with E-state index in [9.17, 15) is 44.6 Å². The smallest absolute Gasteiger partial charge is 0.294 e. The average molecular weight is 630 g/mol. The van der Waals surface area contributed by atoms with E-state index in [2.05, 4.69) is 19.7 Å². The van der Waals surface area contributed by atoms with Gasteiger partial charge in [0.05, 0.1) is 29.3 Å². The standard InChI is InChI=1S/C18H27N5O10S3.2C2H6/c1-34(26,27)19-6-2-3-16-20-17(22-18(21-16)23(7-9-24)8-10-25)12-13-11-14(35(28,29)30)4-5-15(13)36(31,32)33;2*1-2/h4-5,11,19,24-25H,2-3,6-10,12H2,1H3,(H,28,29,30)(H,31,32,33);2*1-2H3. The summed E-state index contributed by atoms with van der Waals surface area (Å²) in [6.07, 6.45) is 1.04. The second-order valence-electron chi connectivity index (χ2n) is 7.57. The van der Waals surface area contributed by atoms with E-state index in [1.807, 2.05) is 27.7 Å². The molecule has 18 heteroatoms. The summed E-state index contributed by atoms with van der Waals surface area (Å²) in [4.78, 5) is 12.9. The Bertz CT molecular complexity index is 1380. The van der Waals surface area contributed by atoms with Crippen LogP contribution in [0.15, 0.2) is 28.0 Å². The zero-order valence-corrected chi connectivity index (χ0v) is 25.6. The molecular weight excluding hydrogens is 590 g/mol. The third-order valence-corrected chi connectivity index (χ3v) is 7.17. The van der Waals surface area contributed by atoms with E-state index in [0.29, 0.717) is 0 Å². The van der Waals surface area contributed by atoms with Gasteiger partial charge in [-0.1, -0.05) is 27.7 Å². The van der Waals surface area contributed by atoms with Crippen LogP contribution in [0.2, 0.25) is 0 Å². The molecular formula is C22H39N5O10S3. The maximum atomic E-state index is 11.8. The van der Waals surface area contributed by atoms with Crippen LogP contribution in [-0.4, -0.2) is 98.6 Å². The summed E-state index contributed by atoms with van der Waals surface area (Å²) in [6.45, 7) is 7.53. The fourth-order valence-corrected chi connectivity index (χ4v) is 4.87. The predicted octanol–water partition coefficient (Wildman–Crippen LogP) is 0.281. The molecule has 0 fully saturated rings. The highest BCUT2D eigenvalue weighted by Gasteiger charge is 2.22. The number of nitrogens with zero attached hydrogens (tertiary/aromatic N) is 4. The van der Waals surface area contributed by atoms with Gasteiger partial charge in [0.15, 0.2) is 0 Å². The second-order valence-corrected chi connectivity index (χ2v) is 12.2. The number of hydrogen-bond donors (Lipinski definition) is 5. The molecule has 0 unspecified atom stereocenters. The minimum absolute atomic E-state index is 0.0218. The van der Waals surface area contributed by atoms with E-state index < -0.39 is 46.5 Å². The third-order valence-electron chi connectivity index (χ3n) is 4.64. The van der Waals surface area contributed by atoms with Gasteiger partial charge in [0.2, 0.25) is 16.0 Å². The van der Waals surface area contributed by atoms with Crippen LogP contribution in [0.1, 0.15) is 51.3 Å². The van der Waals surface area contributed by atoms with Crippen LogP contribution in [0.4, 0.5) is 5.95 Å². The quantitative estimate of drug-likeness (QED) is 0.139. The molecule has 0 saturated carbocycles. The van der Waals surface area contributed by atoms with E-state index in [-0.39, 0.29) is 68.9 Å². The first-order valence-corrected chi connectivity index (χ1v) is 17.1. The van der Waals surface area contributed by atoms with Gasteiger partial charge in [0.25, 0.3) is 20.2 Å². The Morgan fingerprint density at radius 2 is 1.38 bits per heavy atom. The Hall–Kier alpha value is -2.32. The van der Waals surface area contributed by atoms with Crippen LogP contribution < -0.4 is 9.62 Å². The highest BCUT2D eigenvalue weighted by Crippen LogP contribution is 2.23. The van der Waals surface area contributed by atoms with Crippen LogP contribution >= 0.6 is 0 Å². The van der Waals surface area contributed by atoms with Gasteiger partial charge in [-0.25, -0.2) is 18.1 Å². The van der Waals surface area contributed by atoms with Gasteiger partial charge in [-0.3, -0.25) is 9.11 Å². The third kappa shape index (κ3) is 13.4. The lowest BCUT2D eigenvalue weighted by molar-refractivity contribution is 0.280. The molecule has 0 radical (unpaired) electrons. The maximum absolute atomic E-state index is 11.8. The van der Waals surface area contributed by atoms with Gasteiger partial charge in [-0.2, -0.15) is 26.8 Å². The van der Waals surface area contributed by atoms with E-state index in [0.717, 1.165) is 24.5 Å². The Balaban J connectivity index is 0.00000363. The molecule has 1 aromatic carbocycles. The Kier molecular flexibility index (Phi) is 16.5. The molecule has 0 amide bonds. The van der Waals surface area contributed by atoms with Crippen molar-refractivity contribution in [2.75, 3.05) is 44.0 Å². The molecule has 2 aromatic rings. The van der Waals surface area contributed by atoms with Gasteiger partial charge in [0, 0.05) is 32.5 Å². The number of benzene rings is 1. The first-order valence-electron chi connectivity index (χ1n) is 12.4. The predicted molar refractivity (Wildman–Crippen MR) is 149 cm³/mol. The van der Waals surface area contributed by atoms with Crippen LogP contribution in [0.5, 0.6) is 0 Å². The summed E-state index contributed by atoms with van der Waals surface area (Å²) in [5.74, 6) is 0.142. The van der Waals surface area contributed by atoms with Crippen LogP contribution in [0, 0.1) is 0 Å². The van der Waals surface area contributed by atoms with Gasteiger partial charge >= 0.3 is 0 Å². The molecule has 0 spiro atoms. The molecule has 0 aliphatic rings. The lowest BCUT2D eigenvalue weighted by Gasteiger charge is -2.21. The Labute approximate surface area is 236 Å². The number of anilines is 1. The molecule has 230 valence electrons. The molecule has 0 saturated heterocycles. The number of nitrogens with one attached hydrogen (secondary N) is 1. The van der Waals surface area contributed by atoms with E-state index >= 15 is 0 Å². The van der Waals surface area contributed by atoms with Crippen LogP contribution in [-0.2, 0) is 43.1 Å². The summed E-state index contributed by atoms with van der Waals surface area (Å²) < 4.78 is 90.6. The number of hydrogen-bond acceptors (Lipinski definition) is 12. The lowest BCUT2D eigenvalue weighted by atomic mass is 10.1. The lowest BCUT2D eigenvalue weighted by Crippen LogP contribution is -2.32. The van der Waals surface area contributed by atoms with Crippen molar-refractivity contribution in [3.63, 3.8) is 0 Å². The van der Waals surface area contributed by atoms with Crippen molar-refractivity contribution in [2.45, 2.75) is 56.7 Å². The number of aromatic nitrogens is 3. The highest BCUT2D eigenvalue weighted by atomic mass is 32.2. The number of aliphatic hydroxyl groups excluding tert-OH is 2. The minimum Gasteiger partial charge on any atom is -0.395 e. The first-order chi connectivity index (χ1) is 18.6. The molecule has 1 heterocycles. The SMILES string of the molecule is CC.CC.CS(=O)(=O)NCCCc1nc(Cc2cc(S(=O)(=O)O)ccc2S(=O)(=O)O)nc(N(CCO)CCO)n1. The van der Waals surface area contributed by atoms with E-state index in [1.165, 1.54) is 4.90 Å². The molecule has 1 aromatic heterocycles. The van der Waals surface area contributed by atoms with Crippen molar-refractivity contribution in [3.8, 4) is 0 Å². The minimum atomic E-state index is -4.79. The van der Waals surface area contributed by atoms with Crippen molar-refractivity contribution >= 4 is 36.2 Å². The summed E-state index contributed by atoms with van der Waals surface area (Å²) in [5, 5.41) is 18.7. The maximum Gasteiger partial charge on any atom is 0.294 e. The summed E-state index contributed by atoms with van der Waals surface area (Å²) >= 11 is 0. The van der Waals surface area contributed by atoms with Crippen molar-refractivity contribution in [3.05, 3.63) is 35.4 Å². The molecule has 15 nitrogen and oxygen atoms in total. The second kappa shape index (κ2) is 17.5. The van der Waals surface area contributed by atoms with Gasteiger partial charge in [-0.05, 0) is 30.2 Å². The van der Waals surface area contributed by atoms with Crippen molar-refractivity contribution in [1.82, 2.24) is 19.7 Å². The highest BCUT2D eigenvalue weighted by molar-refractivity contribution is 7.88. The topological polar surface area (TPSA) is 237 Å². The Morgan fingerprint density at radius 1 is 0.825 bits per heavy atom. The summed E-state index contributed by atoms with van der Waals surface area (Å²) in [5.41, 5.74) is -0.231. The normalized spacial score (nSPS) is 11.6. The van der Waals surface area contributed by atoms with Crippen molar-refractivity contribution in [2.24, 2.45) is 0 Å².